The highest BCUT2D eigenvalue weighted by atomic mass is 35.5. The van der Waals surface area contributed by atoms with E-state index in [1.807, 2.05) is 17.8 Å². The number of nitrogens with two attached hydrogens (primary N) is 1. The third kappa shape index (κ3) is 3.78. The van der Waals surface area contributed by atoms with Crippen molar-refractivity contribution in [3.05, 3.63) is 52.8 Å². The number of imidazole rings is 1. The zero-order valence-electron chi connectivity index (χ0n) is 10.8. The highest BCUT2D eigenvalue weighted by molar-refractivity contribution is 6.31. The molecule has 5 heteroatoms. The van der Waals surface area contributed by atoms with Crippen LogP contribution in [0.3, 0.4) is 0 Å². The van der Waals surface area contributed by atoms with Crippen molar-refractivity contribution in [1.29, 1.82) is 0 Å². The predicted molar refractivity (Wildman–Crippen MR) is 74.6 cm³/mol. The molecule has 1 unspecified atom stereocenters. The van der Waals surface area contributed by atoms with Crippen molar-refractivity contribution in [2.75, 3.05) is 0 Å². The Morgan fingerprint density at radius 2 is 2.26 bits per heavy atom. The maximum Gasteiger partial charge on any atom is 0.124 e. The van der Waals surface area contributed by atoms with Gasteiger partial charge in [-0.05, 0) is 30.5 Å². The summed E-state index contributed by atoms with van der Waals surface area (Å²) in [5.74, 6) is 0.691. The van der Waals surface area contributed by atoms with Crippen LogP contribution in [0, 0.1) is 5.82 Å². The number of aryl methyl sites for hydroxylation is 2. The predicted octanol–water partition coefficient (Wildman–Crippen LogP) is 2.72. The van der Waals surface area contributed by atoms with Gasteiger partial charge in [0.2, 0.25) is 0 Å². The van der Waals surface area contributed by atoms with E-state index >= 15 is 0 Å². The van der Waals surface area contributed by atoms with Gasteiger partial charge in [0.05, 0.1) is 0 Å². The van der Waals surface area contributed by atoms with Crippen LogP contribution in [0.5, 0.6) is 0 Å². The molecule has 0 aliphatic carbocycles. The molecule has 102 valence electrons. The molecule has 0 saturated carbocycles. The van der Waals surface area contributed by atoms with Gasteiger partial charge in [-0.15, -0.1) is 0 Å². The van der Waals surface area contributed by atoms with E-state index in [1.54, 1.807) is 12.3 Å². The van der Waals surface area contributed by atoms with E-state index in [9.17, 15) is 4.39 Å². The normalized spacial score (nSPS) is 12.6. The first-order valence-corrected chi connectivity index (χ1v) is 6.60. The molecule has 1 aromatic heterocycles. The maximum atomic E-state index is 12.9. The first-order valence-electron chi connectivity index (χ1n) is 6.22. The highest BCUT2D eigenvalue weighted by Crippen LogP contribution is 2.19. The van der Waals surface area contributed by atoms with E-state index in [0.29, 0.717) is 11.4 Å². The summed E-state index contributed by atoms with van der Waals surface area (Å²) in [4.78, 5) is 4.26. The Hall–Kier alpha value is -1.39. The lowest BCUT2D eigenvalue weighted by Crippen LogP contribution is -2.24. The van der Waals surface area contributed by atoms with Gasteiger partial charge >= 0.3 is 0 Å². The van der Waals surface area contributed by atoms with Crippen molar-refractivity contribution < 1.29 is 4.39 Å². The molecule has 1 atom stereocenters. The molecule has 0 aliphatic rings. The van der Waals surface area contributed by atoms with Crippen LogP contribution in [-0.4, -0.2) is 15.6 Å². The van der Waals surface area contributed by atoms with Crippen molar-refractivity contribution in [3.8, 4) is 0 Å². The van der Waals surface area contributed by atoms with Gasteiger partial charge in [0.1, 0.15) is 11.6 Å². The fraction of sp³-hybridized carbons (Fsp3) is 0.357. The number of hydrogen-bond donors (Lipinski definition) is 1. The first-order chi connectivity index (χ1) is 9.06. The van der Waals surface area contributed by atoms with Gasteiger partial charge in [-0.1, -0.05) is 17.7 Å². The Morgan fingerprint density at radius 3 is 2.89 bits per heavy atom. The molecule has 2 rings (SSSR count). The van der Waals surface area contributed by atoms with Crippen LogP contribution in [0.1, 0.15) is 17.8 Å². The quantitative estimate of drug-likeness (QED) is 0.916. The van der Waals surface area contributed by atoms with Crippen LogP contribution in [0.25, 0.3) is 0 Å². The topological polar surface area (TPSA) is 43.8 Å². The summed E-state index contributed by atoms with van der Waals surface area (Å²) in [5.41, 5.74) is 6.97. The summed E-state index contributed by atoms with van der Waals surface area (Å²) in [6.07, 6.45) is 5.97. The Balaban J connectivity index is 1.90. The van der Waals surface area contributed by atoms with Crippen molar-refractivity contribution >= 4 is 11.6 Å². The standard InChI is InChI=1S/C14H17ClFN3/c1-19-7-6-18-14(19)5-4-12(17)8-10-2-3-11(16)9-13(10)15/h2-3,6-7,9,12H,4-5,8,17H2,1H3. The lowest BCUT2D eigenvalue weighted by atomic mass is 10.0. The second kappa shape index (κ2) is 6.17. The molecule has 1 heterocycles. The van der Waals surface area contributed by atoms with Gasteiger partial charge in [-0.25, -0.2) is 9.37 Å². The molecule has 0 fully saturated rings. The van der Waals surface area contributed by atoms with Crippen molar-refractivity contribution in [2.45, 2.75) is 25.3 Å². The number of benzene rings is 1. The number of aromatic nitrogens is 2. The highest BCUT2D eigenvalue weighted by Gasteiger charge is 2.09. The van der Waals surface area contributed by atoms with E-state index in [1.165, 1.54) is 12.1 Å². The lowest BCUT2D eigenvalue weighted by molar-refractivity contribution is 0.587. The van der Waals surface area contributed by atoms with Crippen LogP contribution in [-0.2, 0) is 19.9 Å². The van der Waals surface area contributed by atoms with E-state index in [0.717, 1.165) is 24.2 Å². The fourth-order valence-electron chi connectivity index (χ4n) is 2.02. The number of halogens is 2. The summed E-state index contributed by atoms with van der Waals surface area (Å²) >= 11 is 5.99. The number of hydrogen-bond acceptors (Lipinski definition) is 2. The zero-order valence-corrected chi connectivity index (χ0v) is 11.6. The summed E-state index contributed by atoms with van der Waals surface area (Å²) in [5, 5.41) is 0.437. The maximum absolute atomic E-state index is 12.9. The van der Waals surface area contributed by atoms with Crippen molar-refractivity contribution in [1.82, 2.24) is 9.55 Å². The summed E-state index contributed by atoms with van der Waals surface area (Å²) in [7, 11) is 1.96. The minimum Gasteiger partial charge on any atom is -0.338 e. The van der Waals surface area contributed by atoms with Gasteiger partial charge in [0, 0.05) is 36.9 Å². The summed E-state index contributed by atoms with van der Waals surface area (Å²) in [6.45, 7) is 0. The van der Waals surface area contributed by atoms with E-state index in [4.69, 9.17) is 17.3 Å². The van der Waals surface area contributed by atoms with E-state index in [-0.39, 0.29) is 11.9 Å². The van der Waals surface area contributed by atoms with Gasteiger partial charge in [0.15, 0.2) is 0 Å². The molecule has 1 aromatic carbocycles. The molecule has 0 amide bonds. The van der Waals surface area contributed by atoms with Crippen molar-refractivity contribution in [3.63, 3.8) is 0 Å². The van der Waals surface area contributed by atoms with E-state index < -0.39 is 0 Å². The Kier molecular flexibility index (Phi) is 4.56. The second-order valence-corrected chi connectivity index (χ2v) is 5.10. The third-order valence-corrected chi connectivity index (χ3v) is 3.51. The van der Waals surface area contributed by atoms with Crippen LogP contribution in [0.4, 0.5) is 4.39 Å². The molecule has 0 spiro atoms. The first kappa shape index (κ1) is 14.0. The smallest absolute Gasteiger partial charge is 0.124 e. The lowest BCUT2D eigenvalue weighted by Gasteiger charge is -2.12. The average Bonchev–Trinajstić information content (AvgIpc) is 2.76. The van der Waals surface area contributed by atoms with E-state index in [2.05, 4.69) is 4.98 Å². The monoisotopic (exact) mass is 281 g/mol. The van der Waals surface area contributed by atoms with Gasteiger partial charge in [-0.2, -0.15) is 0 Å². The molecule has 0 saturated heterocycles. The Labute approximate surface area is 117 Å². The minimum atomic E-state index is -0.324. The average molecular weight is 282 g/mol. The SMILES string of the molecule is Cn1ccnc1CCC(N)Cc1ccc(F)cc1Cl. The van der Waals surface area contributed by atoms with Crippen LogP contribution >= 0.6 is 11.6 Å². The fourth-order valence-corrected chi connectivity index (χ4v) is 2.27. The van der Waals surface area contributed by atoms with Gasteiger partial charge < -0.3 is 10.3 Å². The largest absolute Gasteiger partial charge is 0.338 e. The molecule has 2 N–H and O–H groups in total. The molecular formula is C14H17ClFN3. The molecule has 3 nitrogen and oxygen atoms in total. The van der Waals surface area contributed by atoms with Crippen molar-refractivity contribution in [2.24, 2.45) is 12.8 Å². The zero-order chi connectivity index (χ0) is 13.8. The van der Waals surface area contributed by atoms with Gasteiger partial charge in [-0.3, -0.25) is 0 Å². The molecule has 2 aromatic rings. The number of rotatable bonds is 5. The Morgan fingerprint density at radius 1 is 1.47 bits per heavy atom. The third-order valence-electron chi connectivity index (χ3n) is 3.16. The molecule has 0 aliphatic heterocycles. The molecular weight excluding hydrogens is 265 g/mol. The molecule has 0 radical (unpaired) electrons. The summed E-state index contributed by atoms with van der Waals surface area (Å²) in [6, 6.07) is 4.41. The Bertz CT molecular complexity index is 553. The second-order valence-electron chi connectivity index (χ2n) is 4.69. The van der Waals surface area contributed by atoms with Crippen LogP contribution in [0.2, 0.25) is 5.02 Å². The molecule has 0 bridgehead atoms. The number of nitrogens with zero attached hydrogens (tertiary/aromatic N) is 2. The van der Waals surface area contributed by atoms with Crippen LogP contribution in [0.15, 0.2) is 30.6 Å². The minimum absolute atomic E-state index is 0.0142. The summed E-state index contributed by atoms with van der Waals surface area (Å²) < 4.78 is 14.9. The molecule has 19 heavy (non-hydrogen) atoms. The van der Waals surface area contributed by atoms with Gasteiger partial charge in [0.25, 0.3) is 0 Å². The van der Waals surface area contributed by atoms with Crippen LogP contribution < -0.4 is 5.73 Å².